The average molecular weight is 371 g/mol. The fraction of sp³-hybridized carbons (Fsp3) is 0.0870. The maximum absolute atomic E-state index is 11.4. The second-order valence-corrected chi connectivity index (χ2v) is 6.27. The summed E-state index contributed by atoms with van der Waals surface area (Å²) >= 11 is 0. The van der Waals surface area contributed by atoms with Crippen molar-refractivity contribution in [2.75, 3.05) is 4.90 Å². The monoisotopic (exact) mass is 371 g/mol. The molecule has 3 aromatic carbocycles. The van der Waals surface area contributed by atoms with Crippen LogP contribution in [0, 0.1) is 0 Å². The van der Waals surface area contributed by atoms with Crippen LogP contribution in [0.25, 0.3) is 0 Å². The van der Waals surface area contributed by atoms with E-state index in [0.717, 1.165) is 22.6 Å². The number of carbonyl (C=O) groups excluding carboxylic acids is 2. The Morgan fingerprint density at radius 1 is 0.821 bits per heavy atom. The Kier molecular flexibility index (Phi) is 6.31. The SMILES string of the molecule is CC(=O)CC(=O)N/N=C/c1ccc(N(c2ccccc2)c2ccccc2)cc1. The molecule has 0 heterocycles. The highest BCUT2D eigenvalue weighted by Gasteiger charge is 2.11. The molecule has 0 atom stereocenters. The lowest BCUT2D eigenvalue weighted by atomic mass is 10.1. The molecule has 3 rings (SSSR count). The number of hydrazone groups is 1. The topological polar surface area (TPSA) is 61.8 Å². The van der Waals surface area contributed by atoms with Crippen molar-refractivity contribution in [2.45, 2.75) is 13.3 Å². The molecular formula is C23H21N3O2. The van der Waals surface area contributed by atoms with Gasteiger partial charge >= 0.3 is 0 Å². The van der Waals surface area contributed by atoms with Crippen LogP contribution in [-0.2, 0) is 9.59 Å². The van der Waals surface area contributed by atoms with Gasteiger partial charge in [0.1, 0.15) is 5.78 Å². The average Bonchev–Trinajstić information content (AvgIpc) is 2.70. The van der Waals surface area contributed by atoms with Gasteiger partial charge in [-0.1, -0.05) is 48.5 Å². The molecule has 0 saturated heterocycles. The highest BCUT2D eigenvalue weighted by Crippen LogP contribution is 2.33. The van der Waals surface area contributed by atoms with E-state index >= 15 is 0 Å². The number of benzene rings is 3. The summed E-state index contributed by atoms with van der Waals surface area (Å²) < 4.78 is 0. The third kappa shape index (κ3) is 5.14. The van der Waals surface area contributed by atoms with Crippen molar-refractivity contribution < 1.29 is 9.59 Å². The van der Waals surface area contributed by atoms with Gasteiger partial charge in [-0.3, -0.25) is 9.59 Å². The van der Waals surface area contributed by atoms with E-state index in [1.807, 2.05) is 60.7 Å². The fourth-order valence-electron chi connectivity index (χ4n) is 2.76. The molecule has 0 aliphatic rings. The molecular weight excluding hydrogens is 350 g/mol. The van der Waals surface area contributed by atoms with Gasteiger partial charge in [-0.05, 0) is 48.9 Å². The Morgan fingerprint density at radius 3 is 1.82 bits per heavy atom. The predicted octanol–water partition coefficient (Wildman–Crippen LogP) is 4.59. The van der Waals surface area contributed by atoms with Gasteiger partial charge < -0.3 is 4.90 Å². The van der Waals surface area contributed by atoms with Crippen molar-refractivity contribution in [3.8, 4) is 0 Å². The first-order chi connectivity index (χ1) is 13.6. The molecule has 1 N–H and O–H groups in total. The zero-order valence-corrected chi connectivity index (χ0v) is 15.6. The summed E-state index contributed by atoms with van der Waals surface area (Å²) in [6.07, 6.45) is 1.39. The largest absolute Gasteiger partial charge is 0.311 e. The maximum Gasteiger partial charge on any atom is 0.247 e. The van der Waals surface area contributed by atoms with Crippen LogP contribution in [0.15, 0.2) is 90.0 Å². The maximum atomic E-state index is 11.4. The Bertz CT molecular complexity index is 913. The Hall–Kier alpha value is -3.73. The molecule has 0 aromatic heterocycles. The molecule has 0 unspecified atom stereocenters. The predicted molar refractivity (Wildman–Crippen MR) is 112 cm³/mol. The lowest BCUT2D eigenvalue weighted by Gasteiger charge is -2.25. The number of hydrogen-bond acceptors (Lipinski definition) is 4. The van der Waals surface area contributed by atoms with Crippen LogP contribution in [0.5, 0.6) is 0 Å². The van der Waals surface area contributed by atoms with E-state index in [2.05, 4.69) is 39.7 Å². The Labute approximate surface area is 164 Å². The van der Waals surface area contributed by atoms with Gasteiger partial charge in [-0.15, -0.1) is 0 Å². The first-order valence-corrected chi connectivity index (χ1v) is 8.95. The second kappa shape index (κ2) is 9.28. The number of ketones is 1. The van der Waals surface area contributed by atoms with Crippen molar-refractivity contribution in [1.82, 2.24) is 5.43 Å². The van der Waals surface area contributed by atoms with Crippen molar-refractivity contribution in [2.24, 2.45) is 5.10 Å². The van der Waals surface area contributed by atoms with Gasteiger partial charge in [0.2, 0.25) is 5.91 Å². The number of nitrogens with zero attached hydrogens (tertiary/aromatic N) is 2. The highest BCUT2D eigenvalue weighted by atomic mass is 16.2. The van der Waals surface area contributed by atoms with Crippen molar-refractivity contribution in [3.05, 3.63) is 90.5 Å². The highest BCUT2D eigenvalue weighted by molar-refractivity contribution is 5.97. The molecule has 0 aliphatic heterocycles. The summed E-state index contributed by atoms with van der Waals surface area (Å²) in [4.78, 5) is 24.5. The van der Waals surface area contributed by atoms with E-state index in [1.54, 1.807) is 6.21 Å². The molecule has 0 bridgehead atoms. The van der Waals surface area contributed by atoms with Crippen LogP contribution in [-0.4, -0.2) is 17.9 Å². The number of para-hydroxylation sites is 2. The number of amides is 1. The van der Waals surface area contributed by atoms with E-state index in [1.165, 1.54) is 6.92 Å². The van der Waals surface area contributed by atoms with E-state index < -0.39 is 5.91 Å². The van der Waals surface area contributed by atoms with Gasteiger partial charge in [-0.25, -0.2) is 5.43 Å². The number of hydrogen-bond donors (Lipinski definition) is 1. The third-order valence-electron chi connectivity index (χ3n) is 3.99. The molecule has 28 heavy (non-hydrogen) atoms. The van der Waals surface area contributed by atoms with Crippen LogP contribution in [0.1, 0.15) is 18.9 Å². The quantitative estimate of drug-likeness (QED) is 0.375. The lowest BCUT2D eigenvalue weighted by Crippen LogP contribution is -2.19. The molecule has 1 amide bonds. The number of rotatable bonds is 7. The fourth-order valence-corrected chi connectivity index (χ4v) is 2.76. The van der Waals surface area contributed by atoms with Gasteiger partial charge in [0.15, 0.2) is 0 Å². The van der Waals surface area contributed by atoms with E-state index in [9.17, 15) is 9.59 Å². The van der Waals surface area contributed by atoms with Crippen molar-refractivity contribution >= 4 is 35.0 Å². The molecule has 5 nitrogen and oxygen atoms in total. The molecule has 0 saturated carbocycles. The zero-order chi connectivity index (χ0) is 19.8. The van der Waals surface area contributed by atoms with E-state index in [-0.39, 0.29) is 12.2 Å². The normalized spacial score (nSPS) is 10.6. The standard InChI is InChI=1S/C23H21N3O2/c1-18(27)16-23(28)25-24-17-19-12-14-22(15-13-19)26(20-8-4-2-5-9-20)21-10-6-3-7-11-21/h2-15,17H,16H2,1H3,(H,25,28)/b24-17+. The Balaban J connectivity index is 1.79. The third-order valence-corrected chi connectivity index (χ3v) is 3.99. The van der Waals surface area contributed by atoms with Crippen LogP contribution in [0.4, 0.5) is 17.1 Å². The first kappa shape index (κ1) is 19.0. The lowest BCUT2D eigenvalue weighted by molar-refractivity contribution is -0.127. The van der Waals surface area contributed by atoms with Crippen molar-refractivity contribution in [3.63, 3.8) is 0 Å². The first-order valence-electron chi connectivity index (χ1n) is 8.95. The second-order valence-electron chi connectivity index (χ2n) is 6.27. The summed E-state index contributed by atoms with van der Waals surface area (Å²) in [5, 5.41) is 3.90. The minimum Gasteiger partial charge on any atom is -0.311 e. The Morgan fingerprint density at radius 2 is 1.32 bits per heavy atom. The number of carbonyl (C=O) groups is 2. The summed E-state index contributed by atoms with van der Waals surface area (Å²) in [5.74, 6) is -0.612. The molecule has 0 spiro atoms. The van der Waals surface area contributed by atoms with Crippen LogP contribution in [0.2, 0.25) is 0 Å². The summed E-state index contributed by atoms with van der Waals surface area (Å²) in [5.41, 5.74) is 6.32. The van der Waals surface area contributed by atoms with Crippen LogP contribution in [0.3, 0.4) is 0 Å². The van der Waals surface area contributed by atoms with E-state index in [0.29, 0.717) is 0 Å². The van der Waals surface area contributed by atoms with Gasteiger partial charge in [0.05, 0.1) is 12.6 Å². The summed E-state index contributed by atoms with van der Waals surface area (Å²) in [6, 6.07) is 28.1. The minimum absolute atomic E-state index is 0.167. The molecule has 5 heteroatoms. The molecule has 0 radical (unpaired) electrons. The summed E-state index contributed by atoms with van der Waals surface area (Å²) in [6.45, 7) is 1.37. The number of anilines is 3. The number of Topliss-reactive ketones (excluding diaryl/α,β-unsaturated/α-hetero) is 1. The zero-order valence-electron chi connectivity index (χ0n) is 15.6. The van der Waals surface area contributed by atoms with Crippen LogP contribution >= 0.6 is 0 Å². The van der Waals surface area contributed by atoms with Gasteiger partial charge in [0.25, 0.3) is 0 Å². The summed E-state index contributed by atoms with van der Waals surface area (Å²) in [7, 11) is 0. The smallest absolute Gasteiger partial charge is 0.247 e. The molecule has 0 fully saturated rings. The minimum atomic E-state index is -0.417. The van der Waals surface area contributed by atoms with Crippen molar-refractivity contribution in [1.29, 1.82) is 0 Å². The number of nitrogens with one attached hydrogen (secondary N) is 1. The van der Waals surface area contributed by atoms with Gasteiger partial charge in [0, 0.05) is 17.1 Å². The molecule has 3 aromatic rings. The molecule has 140 valence electrons. The molecule has 0 aliphatic carbocycles. The van der Waals surface area contributed by atoms with E-state index in [4.69, 9.17) is 0 Å². The van der Waals surface area contributed by atoms with Gasteiger partial charge in [-0.2, -0.15) is 5.10 Å². The van der Waals surface area contributed by atoms with Crippen LogP contribution < -0.4 is 10.3 Å².